The molecule has 0 spiro atoms. The van der Waals surface area contributed by atoms with Gasteiger partial charge in [-0.3, -0.25) is 0 Å². The minimum absolute atomic E-state index is 0.0558. The molecule has 0 aliphatic carbocycles. The maximum atomic E-state index is 9.55. The SMILES string of the molecule is O[SiH](CCc1ccccc1)[SiH2][SiH3]. The highest BCUT2D eigenvalue weighted by atomic mass is 29.5. The van der Waals surface area contributed by atoms with Crippen molar-refractivity contribution in [2.24, 2.45) is 0 Å². The Morgan fingerprint density at radius 1 is 1.33 bits per heavy atom. The van der Waals surface area contributed by atoms with Crippen molar-refractivity contribution in [1.29, 1.82) is 0 Å². The number of benzene rings is 1. The second kappa shape index (κ2) is 5.47. The van der Waals surface area contributed by atoms with Gasteiger partial charge >= 0.3 is 0 Å². The molecule has 1 aromatic rings. The third kappa shape index (κ3) is 3.49. The van der Waals surface area contributed by atoms with Gasteiger partial charge < -0.3 is 4.80 Å². The normalized spacial score (nSPS) is 14.1. The van der Waals surface area contributed by atoms with Gasteiger partial charge in [-0.1, -0.05) is 30.3 Å². The number of hydrogen-bond donors (Lipinski definition) is 1. The molecule has 0 heterocycles. The lowest BCUT2D eigenvalue weighted by Crippen LogP contribution is -2.22. The fraction of sp³-hybridized carbons (Fsp3) is 0.250. The molecular formula is C8H16OSi3. The Bertz CT molecular complexity index is 215. The highest BCUT2D eigenvalue weighted by molar-refractivity contribution is 7.28. The van der Waals surface area contributed by atoms with Crippen molar-refractivity contribution in [3.63, 3.8) is 0 Å². The Morgan fingerprint density at radius 3 is 2.58 bits per heavy atom. The van der Waals surface area contributed by atoms with Crippen molar-refractivity contribution in [3.05, 3.63) is 35.9 Å². The van der Waals surface area contributed by atoms with E-state index in [-0.39, 0.29) is 8.55 Å². The summed E-state index contributed by atoms with van der Waals surface area (Å²) in [7, 11) is 0.205. The molecule has 0 aromatic heterocycles. The summed E-state index contributed by atoms with van der Waals surface area (Å²) >= 11 is 0. The van der Waals surface area contributed by atoms with E-state index in [2.05, 4.69) is 24.3 Å². The third-order valence-electron chi connectivity index (χ3n) is 2.08. The lowest BCUT2D eigenvalue weighted by Gasteiger charge is -2.04. The minimum atomic E-state index is -1.15. The van der Waals surface area contributed by atoms with Crippen molar-refractivity contribution in [2.45, 2.75) is 12.5 Å². The Morgan fingerprint density at radius 2 is 2.00 bits per heavy atom. The van der Waals surface area contributed by atoms with Crippen molar-refractivity contribution in [1.82, 2.24) is 0 Å². The van der Waals surface area contributed by atoms with E-state index >= 15 is 0 Å². The van der Waals surface area contributed by atoms with Gasteiger partial charge in [0.15, 0.2) is 0 Å². The van der Waals surface area contributed by atoms with Gasteiger partial charge in [-0.25, -0.2) is 0 Å². The van der Waals surface area contributed by atoms with E-state index in [0.29, 0.717) is 0 Å². The number of rotatable bonds is 4. The quantitative estimate of drug-likeness (QED) is 0.628. The summed E-state index contributed by atoms with van der Waals surface area (Å²) in [6, 6.07) is 11.6. The monoisotopic (exact) mass is 212 g/mol. The van der Waals surface area contributed by atoms with Gasteiger partial charge in [0.25, 0.3) is 0 Å². The summed E-state index contributed by atoms with van der Waals surface area (Å²) in [6.45, 7) is 0. The maximum absolute atomic E-state index is 9.55. The summed E-state index contributed by atoms with van der Waals surface area (Å²) < 4.78 is 0. The van der Waals surface area contributed by atoms with Crippen LogP contribution < -0.4 is 0 Å². The van der Waals surface area contributed by atoms with Gasteiger partial charge in [0.1, 0.15) is 8.56 Å². The van der Waals surface area contributed by atoms with E-state index < -0.39 is 8.56 Å². The van der Waals surface area contributed by atoms with E-state index in [9.17, 15) is 4.80 Å². The smallest absolute Gasteiger partial charge is 0.150 e. The molecule has 0 saturated heterocycles. The fourth-order valence-electron chi connectivity index (χ4n) is 1.18. The van der Waals surface area contributed by atoms with Gasteiger partial charge in [-0.15, -0.1) is 0 Å². The van der Waals surface area contributed by atoms with Crippen LogP contribution in [-0.4, -0.2) is 31.7 Å². The van der Waals surface area contributed by atoms with Crippen LogP contribution in [0.5, 0.6) is 0 Å². The molecule has 0 aliphatic rings. The Kier molecular flexibility index (Phi) is 4.52. The Balaban J connectivity index is 2.33. The van der Waals surface area contributed by atoms with Gasteiger partial charge in [0.05, 0.1) is 0 Å². The highest BCUT2D eigenvalue weighted by Gasteiger charge is 2.03. The molecule has 0 saturated carbocycles. The molecule has 1 atom stereocenters. The first-order valence-corrected chi connectivity index (χ1v) is 14.8. The second-order valence-corrected chi connectivity index (χ2v) is 18.4. The van der Waals surface area contributed by atoms with Crippen LogP contribution in [0, 0.1) is 0 Å². The number of hydrogen-bond acceptors (Lipinski definition) is 1. The van der Waals surface area contributed by atoms with Crippen LogP contribution in [0.4, 0.5) is 0 Å². The molecule has 66 valence electrons. The van der Waals surface area contributed by atoms with Gasteiger partial charge in [0, 0.05) is 8.55 Å². The molecule has 1 nitrogen and oxygen atoms in total. The van der Waals surface area contributed by atoms with Crippen molar-refractivity contribution >= 4 is 26.9 Å². The summed E-state index contributed by atoms with van der Waals surface area (Å²) in [5.41, 5.74) is 1.38. The molecule has 1 N–H and O–H groups in total. The number of aryl methyl sites for hydroxylation is 1. The predicted molar refractivity (Wildman–Crippen MR) is 62.8 cm³/mol. The van der Waals surface area contributed by atoms with Crippen LogP contribution in [0.15, 0.2) is 30.3 Å². The molecule has 1 rings (SSSR count). The molecule has 0 amide bonds. The molecule has 12 heavy (non-hydrogen) atoms. The molecule has 1 aromatic carbocycles. The Labute approximate surface area is 80.4 Å². The minimum Gasteiger partial charge on any atom is -0.439 e. The van der Waals surface area contributed by atoms with E-state index in [4.69, 9.17) is 0 Å². The lowest BCUT2D eigenvalue weighted by molar-refractivity contribution is 0.589. The van der Waals surface area contributed by atoms with Crippen molar-refractivity contribution in [2.75, 3.05) is 0 Å². The lowest BCUT2D eigenvalue weighted by atomic mass is 10.2. The van der Waals surface area contributed by atoms with Crippen LogP contribution >= 0.6 is 0 Å². The zero-order chi connectivity index (χ0) is 8.81. The summed E-state index contributed by atoms with van der Waals surface area (Å²) in [6.07, 6.45) is 1.10. The summed E-state index contributed by atoms with van der Waals surface area (Å²) in [5.74, 6) is 0. The van der Waals surface area contributed by atoms with E-state index in [0.717, 1.165) is 12.5 Å². The molecule has 0 aliphatic heterocycles. The summed E-state index contributed by atoms with van der Waals surface area (Å²) in [4.78, 5) is 9.55. The van der Waals surface area contributed by atoms with Crippen LogP contribution in [0.3, 0.4) is 0 Å². The molecule has 0 fully saturated rings. The first-order valence-electron chi connectivity index (χ1n) is 4.55. The second-order valence-electron chi connectivity index (χ2n) is 3.09. The first-order chi connectivity index (χ1) is 5.83. The molecular weight excluding hydrogens is 196 g/mol. The maximum Gasteiger partial charge on any atom is 0.150 e. The standard InChI is InChI=1S/C8H16OSi3/c9-12(11-10)7-6-8-4-2-1-3-5-8/h1-5,9,12H,6-7,11H2,10H3. The van der Waals surface area contributed by atoms with Gasteiger partial charge in [-0.2, -0.15) is 0 Å². The van der Waals surface area contributed by atoms with Crippen molar-refractivity contribution in [3.8, 4) is 0 Å². The highest BCUT2D eigenvalue weighted by Crippen LogP contribution is 2.03. The van der Waals surface area contributed by atoms with Gasteiger partial charge in [0.2, 0.25) is 0 Å². The Hall–Kier alpha value is -0.169. The first kappa shape index (κ1) is 9.92. The van der Waals surface area contributed by atoms with E-state index in [1.165, 1.54) is 15.3 Å². The molecule has 0 bridgehead atoms. The molecule has 4 heteroatoms. The summed E-state index contributed by atoms with van der Waals surface area (Å²) in [5, 5.41) is 0. The zero-order valence-corrected chi connectivity index (χ0v) is 12.1. The molecule has 1 unspecified atom stereocenters. The largest absolute Gasteiger partial charge is 0.439 e. The van der Waals surface area contributed by atoms with Crippen molar-refractivity contribution < 1.29 is 4.80 Å². The van der Waals surface area contributed by atoms with Crippen LogP contribution in [0.25, 0.3) is 0 Å². The average molecular weight is 212 g/mol. The van der Waals surface area contributed by atoms with Crippen LogP contribution in [0.2, 0.25) is 6.04 Å². The van der Waals surface area contributed by atoms with Gasteiger partial charge in [-0.05, 0) is 27.8 Å². The third-order valence-corrected chi connectivity index (χ3v) is 16.5. The van der Waals surface area contributed by atoms with Crippen LogP contribution in [0.1, 0.15) is 5.56 Å². The predicted octanol–water partition coefficient (Wildman–Crippen LogP) is -1.11. The van der Waals surface area contributed by atoms with E-state index in [1.807, 2.05) is 6.07 Å². The molecule has 0 radical (unpaired) electrons. The zero-order valence-electron chi connectivity index (χ0n) is 7.53. The van der Waals surface area contributed by atoms with E-state index in [1.54, 1.807) is 0 Å². The fourth-order valence-corrected chi connectivity index (χ4v) is 7.77. The average Bonchev–Trinajstić information content (AvgIpc) is 2.16. The topological polar surface area (TPSA) is 20.2 Å². The van der Waals surface area contributed by atoms with Crippen LogP contribution in [-0.2, 0) is 6.42 Å².